The molecule has 2 atom stereocenters. The Bertz CT molecular complexity index is 1210. The molecule has 2 aromatic heterocycles. The molecule has 3 aromatic rings. The van der Waals surface area contributed by atoms with Gasteiger partial charge in [0, 0.05) is 43.4 Å². The number of halogens is 2. The van der Waals surface area contributed by atoms with E-state index < -0.39 is 17.8 Å². The molecule has 0 aliphatic heterocycles. The number of aromatic nitrogens is 2. The van der Waals surface area contributed by atoms with E-state index in [0.29, 0.717) is 16.3 Å². The van der Waals surface area contributed by atoms with Gasteiger partial charge in [-0.3, -0.25) is 9.78 Å². The molecule has 4 rings (SSSR count). The number of anilines is 1. The van der Waals surface area contributed by atoms with Crippen molar-refractivity contribution in [2.24, 2.45) is 22.6 Å². The van der Waals surface area contributed by atoms with Crippen LogP contribution in [0, 0.1) is 12.8 Å². The maximum Gasteiger partial charge on any atom is 0.248 e. The second-order valence-electron chi connectivity index (χ2n) is 8.68. The van der Waals surface area contributed by atoms with Gasteiger partial charge in [0.15, 0.2) is 11.0 Å². The van der Waals surface area contributed by atoms with E-state index in [9.17, 15) is 13.6 Å². The predicted octanol–water partition coefficient (Wildman–Crippen LogP) is 4.10. The second kappa shape index (κ2) is 10.0. The average molecular weight is 500 g/mol. The first-order valence-corrected chi connectivity index (χ1v) is 11.9. The minimum Gasteiger partial charge on any atom is -0.382 e. The van der Waals surface area contributed by atoms with Gasteiger partial charge in [0.25, 0.3) is 0 Å². The Morgan fingerprint density at radius 1 is 1.31 bits per heavy atom. The van der Waals surface area contributed by atoms with Crippen molar-refractivity contribution in [3.8, 4) is 10.4 Å². The van der Waals surface area contributed by atoms with Crippen molar-refractivity contribution in [3.63, 3.8) is 0 Å². The Balaban J connectivity index is 1.61. The van der Waals surface area contributed by atoms with Crippen molar-refractivity contribution in [1.29, 1.82) is 0 Å². The fourth-order valence-electron chi connectivity index (χ4n) is 4.39. The molecule has 1 aliphatic rings. The highest BCUT2D eigenvalue weighted by molar-refractivity contribution is 7.19. The van der Waals surface area contributed by atoms with Crippen molar-refractivity contribution >= 4 is 28.2 Å². The lowest BCUT2D eigenvalue weighted by Crippen LogP contribution is -2.28. The van der Waals surface area contributed by atoms with Crippen LogP contribution in [-0.2, 0) is 4.79 Å². The van der Waals surface area contributed by atoms with Crippen LogP contribution < -0.4 is 16.9 Å². The number of hydrazone groups is 1. The van der Waals surface area contributed by atoms with Crippen LogP contribution in [0.5, 0.6) is 0 Å². The van der Waals surface area contributed by atoms with Gasteiger partial charge in [0.05, 0.1) is 16.5 Å². The Labute approximate surface area is 206 Å². The summed E-state index contributed by atoms with van der Waals surface area (Å²) >= 11 is 1.33. The van der Waals surface area contributed by atoms with E-state index in [1.54, 1.807) is 43.7 Å². The van der Waals surface area contributed by atoms with Gasteiger partial charge < -0.3 is 11.1 Å². The number of alkyl halides is 2. The van der Waals surface area contributed by atoms with E-state index >= 15 is 0 Å². The maximum atomic E-state index is 14.1. The third kappa shape index (κ3) is 5.80. The van der Waals surface area contributed by atoms with Crippen LogP contribution in [-0.4, -0.2) is 39.8 Å². The number of benzene rings is 1. The number of amides is 1. The van der Waals surface area contributed by atoms with E-state index in [1.165, 1.54) is 11.3 Å². The topological polar surface area (TPSA) is 123 Å². The summed E-state index contributed by atoms with van der Waals surface area (Å²) in [5.74, 6) is 1.30. The number of aryl methyl sites for hydroxylation is 1. The molecule has 2 unspecified atom stereocenters. The molecule has 2 heterocycles. The van der Waals surface area contributed by atoms with E-state index in [2.05, 4.69) is 20.4 Å². The molecule has 184 valence electrons. The Kier molecular flexibility index (Phi) is 7.08. The summed E-state index contributed by atoms with van der Waals surface area (Å²) in [5.41, 5.74) is 8.83. The Hall–Kier alpha value is -3.44. The van der Waals surface area contributed by atoms with Gasteiger partial charge in [-0.05, 0) is 30.9 Å². The number of hydrogen-bond donors (Lipinski definition) is 3. The fraction of sp³-hybridized carbons (Fsp3) is 0.333. The number of nitrogens with two attached hydrogens (primary N) is 2. The number of amidine groups is 1. The van der Waals surface area contributed by atoms with Crippen molar-refractivity contribution in [2.45, 2.75) is 38.0 Å². The molecular formula is C24H27F2N7OS. The van der Waals surface area contributed by atoms with Gasteiger partial charge in [-0.25, -0.2) is 24.7 Å². The largest absolute Gasteiger partial charge is 0.382 e. The summed E-state index contributed by atoms with van der Waals surface area (Å²) in [6.07, 6.45) is 3.10. The number of hydrazine groups is 1. The van der Waals surface area contributed by atoms with Crippen LogP contribution >= 0.6 is 11.3 Å². The summed E-state index contributed by atoms with van der Waals surface area (Å²) in [6.45, 7) is 1.85. The van der Waals surface area contributed by atoms with Gasteiger partial charge in [-0.2, -0.15) is 0 Å². The number of nitrogens with one attached hydrogen (secondary N) is 1. The van der Waals surface area contributed by atoms with Gasteiger partial charge in [0.2, 0.25) is 11.8 Å². The van der Waals surface area contributed by atoms with Crippen LogP contribution in [0.3, 0.4) is 0 Å². The Morgan fingerprint density at radius 2 is 2.06 bits per heavy atom. The quantitative estimate of drug-likeness (QED) is 0.195. The second-order valence-corrected chi connectivity index (χ2v) is 9.68. The van der Waals surface area contributed by atoms with E-state index in [0.717, 1.165) is 21.3 Å². The van der Waals surface area contributed by atoms with E-state index in [1.807, 2.05) is 19.1 Å². The minimum absolute atomic E-state index is 0.205. The van der Waals surface area contributed by atoms with Crippen molar-refractivity contribution < 1.29 is 13.6 Å². The van der Waals surface area contributed by atoms with Crippen LogP contribution in [0.2, 0.25) is 0 Å². The predicted molar refractivity (Wildman–Crippen MR) is 133 cm³/mol. The molecule has 8 nitrogen and oxygen atoms in total. The maximum absolute atomic E-state index is 14.1. The molecular weight excluding hydrogens is 472 g/mol. The normalized spacial score (nSPS) is 18.3. The number of pyridine rings is 1. The highest BCUT2D eigenvalue weighted by Gasteiger charge is 2.45. The summed E-state index contributed by atoms with van der Waals surface area (Å²) < 4.78 is 28.2. The molecule has 11 heteroatoms. The molecule has 1 aromatic carbocycles. The number of hydrogen-bond acceptors (Lipinski definition) is 7. The third-order valence-electron chi connectivity index (χ3n) is 5.98. The zero-order valence-electron chi connectivity index (χ0n) is 19.4. The van der Waals surface area contributed by atoms with Crippen LogP contribution in [0.1, 0.15) is 42.0 Å². The van der Waals surface area contributed by atoms with Gasteiger partial charge in [-0.1, -0.05) is 41.7 Å². The number of carbonyl (C=O) groups excluding carboxylic acids is 1. The summed E-state index contributed by atoms with van der Waals surface area (Å²) in [6, 6.07) is 10.6. The zero-order chi connectivity index (χ0) is 25.2. The molecule has 1 aliphatic carbocycles. The standard InChI is InChI=1S/C24H27F2N7OS/c1-14-20(18-4-3-11-29-13-18)35-23(30-14)31-22(34)19(17-9-10-24(25,26)12-17)15-5-7-16(8-6-15)21(27)32-33(2)28/h3-8,11,13,17,19H,9-10,12,28H2,1-2H3,(H2,27,32)(H,30,31,34). The number of carbonyl (C=O) groups is 1. The van der Waals surface area contributed by atoms with Crippen molar-refractivity contribution in [3.05, 3.63) is 65.6 Å². The average Bonchev–Trinajstić information content (AvgIpc) is 3.35. The highest BCUT2D eigenvalue weighted by atomic mass is 32.1. The summed E-state index contributed by atoms with van der Waals surface area (Å²) in [5, 5.41) is 8.34. The Morgan fingerprint density at radius 3 is 2.66 bits per heavy atom. The smallest absolute Gasteiger partial charge is 0.248 e. The molecule has 5 N–H and O–H groups in total. The van der Waals surface area contributed by atoms with Gasteiger partial charge in [-0.15, -0.1) is 5.10 Å². The van der Waals surface area contributed by atoms with Crippen LogP contribution in [0.25, 0.3) is 10.4 Å². The minimum atomic E-state index is -2.78. The first kappa shape index (κ1) is 24.7. The first-order valence-electron chi connectivity index (χ1n) is 11.1. The number of thiazole rings is 1. The van der Waals surface area contributed by atoms with Gasteiger partial charge >= 0.3 is 0 Å². The monoisotopic (exact) mass is 499 g/mol. The van der Waals surface area contributed by atoms with Crippen LogP contribution in [0.15, 0.2) is 53.9 Å². The molecule has 1 saturated carbocycles. The number of rotatable bonds is 7. The SMILES string of the molecule is Cc1nc(NC(=O)C(c2ccc(/C(N)=N/N(C)N)cc2)C2CCC(F)(F)C2)sc1-c1cccnc1. The van der Waals surface area contributed by atoms with E-state index in [-0.39, 0.29) is 31.0 Å². The van der Waals surface area contributed by atoms with E-state index in [4.69, 9.17) is 11.6 Å². The summed E-state index contributed by atoms with van der Waals surface area (Å²) in [4.78, 5) is 23.0. The molecule has 1 amide bonds. The summed E-state index contributed by atoms with van der Waals surface area (Å²) in [7, 11) is 1.54. The molecule has 0 spiro atoms. The highest BCUT2D eigenvalue weighted by Crippen LogP contribution is 2.46. The lowest BCUT2D eigenvalue weighted by atomic mass is 9.83. The number of nitrogens with zero attached hydrogens (tertiary/aromatic N) is 4. The molecule has 1 fully saturated rings. The fourth-order valence-corrected chi connectivity index (χ4v) is 5.35. The molecule has 0 saturated heterocycles. The molecule has 35 heavy (non-hydrogen) atoms. The van der Waals surface area contributed by atoms with Crippen molar-refractivity contribution in [1.82, 2.24) is 15.1 Å². The van der Waals surface area contributed by atoms with Crippen LogP contribution in [0.4, 0.5) is 13.9 Å². The lowest BCUT2D eigenvalue weighted by Gasteiger charge is -2.23. The van der Waals surface area contributed by atoms with Crippen molar-refractivity contribution in [2.75, 3.05) is 12.4 Å². The first-order chi connectivity index (χ1) is 16.6. The zero-order valence-corrected chi connectivity index (χ0v) is 20.2. The van der Waals surface area contributed by atoms with Gasteiger partial charge in [0.1, 0.15) is 0 Å². The lowest BCUT2D eigenvalue weighted by molar-refractivity contribution is -0.118. The third-order valence-corrected chi connectivity index (χ3v) is 7.10. The molecule has 0 bridgehead atoms. The molecule has 0 radical (unpaired) electrons.